The average molecular weight is 543 g/mol. The van der Waals surface area contributed by atoms with Crippen LogP contribution in [-0.4, -0.2) is 69.0 Å². The highest BCUT2D eigenvalue weighted by Crippen LogP contribution is 2.36. The summed E-state index contributed by atoms with van der Waals surface area (Å²) in [6.07, 6.45) is 3.65. The molecule has 0 saturated carbocycles. The van der Waals surface area contributed by atoms with Crippen LogP contribution >= 0.6 is 24.0 Å². The number of nitrogens with zero attached hydrogens (tertiary/aromatic N) is 2. The molecule has 2 saturated heterocycles. The lowest BCUT2D eigenvalue weighted by atomic mass is 9.98. The molecule has 0 aromatic carbocycles. The van der Waals surface area contributed by atoms with E-state index >= 15 is 0 Å². The second-order valence-electron chi connectivity index (χ2n) is 9.75. The molecule has 9 heteroatoms. The number of ether oxygens (including phenoxy) is 1. The third-order valence-electron chi connectivity index (χ3n) is 5.16. The average Bonchev–Trinajstić information content (AvgIpc) is 2.82. The summed E-state index contributed by atoms with van der Waals surface area (Å²) in [5, 5.41) is 6.76. The molecule has 2 bridgehead atoms. The van der Waals surface area contributed by atoms with Crippen molar-refractivity contribution in [1.82, 2.24) is 15.5 Å². The van der Waals surface area contributed by atoms with Crippen molar-refractivity contribution in [3.63, 3.8) is 0 Å². The summed E-state index contributed by atoms with van der Waals surface area (Å²) >= 11 is 0. The van der Waals surface area contributed by atoms with Crippen molar-refractivity contribution in [3.8, 4) is 0 Å². The summed E-state index contributed by atoms with van der Waals surface area (Å²) in [7, 11) is 0.865. The van der Waals surface area contributed by atoms with Crippen molar-refractivity contribution in [2.75, 3.05) is 19.3 Å². The van der Waals surface area contributed by atoms with Gasteiger partial charge in [-0.1, -0.05) is 0 Å². The molecule has 0 aromatic rings. The smallest absolute Gasteiger partial charge is 0.410 e. The number of guanidine groups is 1. The molecule has 0 aliphatic carbocycles. The van der Waals surface area contributed by atoms with Crippen LogP contribution in [0.15, 0.2) is 4.99 Å². The van der Waals surface area contributed by atoms with E-state index in [9.17, 15) is 9.00 Å². The zero-order chi connectivity index (χ0) is 21.1. The minimum absolute atomic E-state index is 0. The minimum atomic E-state index is -0.886. The van der Waals surface area contributed by atoms with Gasteiger partial charge in [-0.2, -0.15) is 0 Å². The van der Waals surface area contributed by atoms with Crippen molar-refractivity contribution in [2.24, 2.45) is 4.99 Å². The highest BCUT2D eigenvalue weighted by molar-refractivity contribution is 14.0. The van der Waals surface area contributed by atoms with Crippen LogP contribution in [-0.2, 0) is 15.5 Å². The van der Waals surface area contributed by atoms with E-state index in [1.54, 1.807) is 7.05 Å². The first-order chi connectivity index (χ1) is 12.9. The number of halogens is 1. The van der Waals surface area contributed by atoms with Gasteiger partial charge in [-0.05, 0) is 67.2 Å². The number of piperidine rings is 1. The Morgan fingerprint density at radius 1 is 1.14 bits per heavy atom. The Hall–Kier alpha value is -0.580. The maximum absolute atomic E-state index is 12.6. The topological polar surface area (TPSA) is 83.0 Å². The maximum Gasteiger partial charge on any atom is 0.410 e. The molecule has 3 unspecified atom stereocenters. The molecule has 2 rings (SSSR count). The summed E-state index contributed by atoms with van der Waals surface area (Å²) in [4.78, 5) is 18.8. The number of aliphatic imine (C=N–C) groups is 1. The molecule has 0 aromatic heterocycles. The summed E-state index contributed by atoms with van der Waals surface area (Å²) in [5.74, 6) is 1.33. The molecule has 2 heterocycles. The molecule has 2 fully saturated rings. The first-order valence-corrected chi connectivity index (χ1v) is 11.6. The lowest BCUT2D eigenvalue weighted by Gasteiger charge is -2.40. The molecule has 3 atom stereocenters. The molecule has 0 spiro atoms. The second-order valence-corrected chi connectivity index (χ2v) is 12.1. The lowest BCUT2D eigenvalue weighted by molar-refractivity contribution is 0.00545. The predicted octanol–water partition coefficient (Wildman–Crippen LogP) is 3.25. The molecular formula is C20H39IN4O3S. The van der Waals surface area contributed by atoms with Crippen LogP contribution in [0, 0.1) is 0 Å². The highest BCUT2D eigenvalue weighted by Gasteiger charge is 2.45. The molecule has 2 N–H and O–H groups in total. The summed E-state index contributed by atoms with van der Waals surface area (Å²) < 4.78 is 17.6. The minimum Gasteiger partial charge on any atom is -0.444 e. The van der Waals surface area contributed by atoms with Gasteiger partial charge in [0.2, 0.25) is 0 Å². The van der Waals surface area contributed by atoms with Gasteiger partial charge in [-0.3, -0.25) is 9.20 Å². The maximum atomic E-state index is 12.6. The fourth-order valence-electron chi connectivity index (χ4n) is 3.86. The van der Waals surface area contributed by atoms with Gasteiger partial charge in [0.15, 0.2) is 5.96 Å². The van der Waals surface area contributed by atoms with E-state index in [0.29, 0.717) is 12.3 Å². The summed E-state index contributed by atoms with van der Waals surface area (Å²) in [6.45, 7) is 12.3. The number of fused-ring (bicyclic) bond motifs is 2. The van der Waals surface area contributed by atoms with Crippen LogP contribution in [0.1, 0.15) is 67.2 Å². The summed E-state index contributed by atoms with van der Waals surface area (Å²) in [6, 6.07) is 0.714. The molecule has 0 radical (unpaired) electrons. The number of hydrogen-bond acceptors (Lipinski definition) is 4. The largest absolute Gasteiger partial charge is 0.444 e. The van der Waals surface area contributed by atoms with Gasteiger partial charge in [0.05, 0.1) is 0 Å². The standard InChI is InChI=1S/C20H38N4O3S.HI/c1-19(2,3)27-18(25)24-15-8-9-16(24)13-14(12-15)23-17(21-7)22-10-11-28(26)20(4,5)6;/h14-16H,8-13H2,1-7H3,(H2,21,22,23);1H. The molecular weight excluding hydrogens is 503 g/mol. The van der Waals surface area contributed by atoms with Gasteiger partial charge in [0.1, 0.15) is 5.60 Å². The third kappa shape index (κ3) is 7.88. The van der Waals surface area contributed by atoms with Gasteiger partial charge >= 0.3 is 6.09 Å². The zero-order valence-electron chi connectivity index (χ0n) is 18.9. The van der Waals surface area contributed by atoms with Crippen LogP contribution in [0.2, 0.25) is 0 Å². The Bertz CT molecular complexity index is 602. The van der Waals surface area contributed by atoms with E-state index in [-0.39, 0.29) is 52.9 Å². The second kappa shape index (κ2) is 10.6. The Kier molecular flexibility index (Phi) is 9.70. The van der Waals surface area contributed by atoms with Crippen molar-refractivity contribution in [1.29, 1.82) is 0 Å². The number of carbonyl (C=O) groups excluding carboxylic acids is 1. The Balaban J connectivity index is 0.00000420. The van der Waals surface area contributed by atoms with Gasteiger partial charge in [0, 0.05) is 53.0 Å². The first kappa shape index (κ1) is 26.5. The molecule has 2 aliphatic rings. The molecule has 170 valence electrons. The number of rotatable bonds is 4. The molecule has 2 aliphatic heterocycles. The number of carbonyl (C=O) groups is 1. The van der Waals surface area contributed by atoms with Crippen LogP contribution in [0.3, 0.4) is 0 Å². The third-order valence-corrected chi connectivity index (χ3v) is 7.11. The van der Waals surface area contributed by atoms with Crippen molar-refractivity contribution in [3.05, 3.63) is 0 Å². The highest BCUT2D eigenvalue weighted by atomic mass is 127. The van der Waals surface area contributed by atoms with Gasteiger partial charge < -0.3 is 20.3 Å². The predicted molar refractivity (Wildman–Crippen MR) is 131 cm³/mol. The lowest BCUT2D eigenvalue weighted by Crippen LogP contribution is -2.55. The zero-order valence-corrected chi connectivity index (χ0v) is 22.1. The van der Waals surface area contributed by atoms with E-state index in [1.807, 2.05) is 46.4 Å². The quantitative estimate of drug-likeness (QED) is 0.324. The van der Waals surface area contributed by atoms with Crippen LogP contribution < -0.4 is 10.6 Å². The number of hydrogen-bond donors (Lipinski definition) is 2. The molecule has 7 nitrogen and oxygen atoms in total. The number of amides is 1. The van der Waals surface area contributed by atoms with Crippen molar-refractivity contribution >= 4 is 46.8 Å². The van der Waals surface area contributed by atoms with E-state index in [2.05, 4.69) is 15.6 Å². The van der Waals surface area contributed by atoms with Gasteiger partial charge in [0.25, 0.3) is 0 Å². The monoisotopic (exact) mass is 542 g/mol. The fraction of sp³-hybridized carbons (Fsp3) is 0.900. The molecule has 1 amide bonds. The van der Waals surface area contributed by atoms with E-state index in [0.717, 1.165) is 31.6 Å². The Morgan fingerprint density at radius 3 is 2.14 bits per heavy atom. The van der Waals surface area contributed by atoms with Crippen molar-refractivity contribution < 1.29 is 13.7 Å². The summed E-state index contributed by atoms with van der Waals surface area (Å²) in [5.41, 5.74) is -0.468. The Labute approximate surface area is 195 Å². The normalized spacial score (nSPS) is 25.8. The van der Waals surface area contributed by atoms with E-state index < -0.39 is 16.4 Å². The van der Waals surface area contributed by atoms with Crippen molar-refractivity contribution in [2.45, 2.75) is 95.7 Å². The van der Waals surface area contributed by atoms with Crippen LogP contribution in [0.5, 0.6) is 0 Å². The van der Waals surface area contributed by atoms with Crippen LogP contribution in [0.4, 0.5) is 4.79 Å². The van der Waals surface area contributed by atoms with Gasteiger partial charge in [-0.25, -0.2) is 4.79 Å². The van der Waals surface area contributed by atoms with Crippen LogP contribution in [0.25, 0.3) is 0 Å². The first-order valence-electron chi connectivity index (χ1n) is 10.3. The Morgan fingerprint density at radius 2 is 1.69 bits per heavy atom. The SMILES string of the molecule is CN=C(NCCS(=O)C(C)(C)C)NC1CC2CCC(C1)N2C(=O)OC(C)(C)C.I. The van der Waals surface area contributed by atoms with E-state index in [4.69, 9.17) is 4.74 Å². The number of nitrogens with one attached hydrogen (secondary N) is 2. The van der Waals surface area contributed by atoms with E-state index in [1.165, 1.54) is 0 Å². The molecule has 29 heavy (non-hydrogen) atoms. The fourth-order valence-corrected chi connectivity index (χ4v) is 4.76. The van der Waals surface area contributed by atoms with Gasteiger partial charge in [-0.15, -0.1) is 24.0 Å².